The third kappa shape index (κ3) is 5.09. The van der Waals surface area contributed by atoms with Crippen LogP contribution < -0.4 is 15.8 Å². The van der Waals surface area contributed by atoms with Gasteiger partial charge in [-0.25, -0.2) is 9.97 Å². The van der Waals surface area contributed by atoms with Crippen LogP contribution in [-0.2, 0) is 0 Å². The molecule has 1 saturated heterocycles. The Kier molecular flexibility index (Phi) is 5.68. The Hall–Kier alpha value is -1.83. The summed E-state index contributed by atoms with van der Waals surface area (Å²) in [7, 11) is 0. The Bertz CT molecular complexity index is 595. The summed E-state index contributed by atoms with van der Waals surface area (Å²) >= 11 is 1.67. The fourth-order valence-electron chi connectivity index (χ4n) is 2.48. The average molecular weight is 330 g/mol. The lowest BCUT2D eigenvalue weighted by molar-refractivity contribution is 0.345. The standard InChI is InChI=1S/C16H22N6S/c17-13-11-18-16(19-12-13)21-14-3-5-15(6-4-14)23-20-7-10-22-8-1-2-9-22/h3-6,11-12,20H,1-2,7-10,17H2,(H,18,19,21). The van der Waals surface area contributed by atoms with Gasteiger partial charge in [0.2, 0.25) is 5.95 Å². The number of anilines is 3. The van der Waals surface area contributed by atoms with E-state index in [0.717, 1.165) is 18.8 Å². The molecule has 2 heterocycles. The van der Waals surface area contributed by atoms with Crippen molar-refractivity contribution in [2.45, 2.75) is 17.7 Å². The highest BCUT2D eigenvalue weighted by atomic mass is 32.2. The highest BCUT2D eigenvalue weighted by Gasteiger charge is 2.10. The van der Waals surface area contributed by atoms with Gasteiger partial charge in [0, 0.05) is 23.7 Å². The molecule has 3 rings (SSSR count). The fraction of sp³-hybridized carbons (Fsp3) is 0.375. The van der Waals surface area contributed by atoms with Crippen LogP contribution in [0, 0.1) is 0 Å². The van der Waals surface area contributed by atoms with Crippen LogP contribution in [0.4, 0.5) is 17.3 Å². The van der Waals surface area contributed by atoms with Crippen molar-refractivity contribution in [1.82, 2.24) is 19.6 Å². The van der Waals surface area contributed by atoms with Crippen molar-refractivity contribution in [3.8, 4) is 0 Å². The summed E-state index contributed by atoms with van der Waals surface area (Å²) in [6, 6.07) is 8.19. The van der Waals surface area contributed by atoms with Crippen LogP contribution in [0.3, 0.4) is 0 Å². The smallest absolute Gasteiger partial charge is 0.227 e. The van der Waals surface area contributed by atoms with Crippen molar-refractivity contribution in [3.63, 3.8) is 0 Å². The molecule has 1 aromatic carbocycles. The minimum Gasteiger partial charge on any atom is -0.396 e. The molecule has 0 amide bonds. The maximum atomic E-state index is 5.57. The van der Waals surface area contributed by atoms with Gasteiger partial charge in [0.05, 0.1) is 18.1 Å². The number of nitrogen functional groups attached to an aromatic ring is 1. The summed E-state index contributed by atoms with van der Waals surface area (Å²) in [4.78, 5) is 11.9. The van der Waals surface area contributed by atoms with E-state index in [1.54, 1.807) is 24.3 Å². The van der Waals surface area contributed by atoms with E-state index < -0.39 is 0 Å². The zero-order valence-electron chi connectivity index (χ0n) is 13.0. The summed E-state index contributed by atoms with van der Waals surface area (Å²) in [6.07, 6.45) is 5.87. The van der Waals surface area contributed by atoms with Crippen molar-refractivity contribution in [2.75, 3.05) is 37.2 Å². The summed E-state index contributed by atoms with van der Waals surface area (Å²) < 4.78 is 3.42. The van der Waals surface area contributed by atoms with Crippen LogP contribution >= 0.6 is 11.9 Å². The molecule has 0 aliphatic carbocycles. The quantitative estimate of drug-likeness (QED) is 0.532. The van der Waals surface area contributed by atoms with Gasteiger partial charge >= 0.3 is 0 Å². The molecule has 4 N–H and O–H groups in total. The van der Waals surface area contributed by atoms with E-state index in [0.29, 0.717) is 11.6 Å². The number of nitrogens with two attached hydrogens (primary N) is 1. The van der Waals surface area contributed by atoms with Crippen LogP contribution in [0.15, 0.2) is 41.6 Å². The molecule has 1 fully saturated rings. The summed E-state index contributed by atoms with van der Waals surface area (Å²) in [5.41, 5.74) is 7.08. The Morgan fingerprint density at radius 3 is 2.48 bits per heavy atom. The second-order valence-corrected chi connectivity index (χ2v) is 6.50. The molecule has 1 aromatic heterocycles. The topological polar surface area (TPSA) is 79.1 Å². The molecule has 0 atom stereocenters. The van der Waals surface area contributed by atoms with Gasteiger partial charge in [-0.2, -0.15) is 0 Å². The van der Waals surface area contributed by atoms with Crippen molar-refractivity contribution in [2.24, 2.45) is 0 Å². The molecule has 1 aliphatic rings. The van der Waals surface area contributed by atoms with Crippen molar-refractivity contribution >= 4 is 29.3 Å². The zero-order chi connectivity index (χ0) is 15.9. The molecule has 0 unspecified atom stereocenters. The van der Waals surface area contributed by atoms with Gasteiger partial charge in [0.25, 0.3) is 0 Å². The number of hydrogen-bond acceptors (Lipinski definition) is 7. The number of likely N-dealkylation sites (tertiary alicyclic amines) is 1. The van der Waals surface area contributed by atoms with E-state index in [-0.39, 0.29) is 0 Å². The van der Waals surface area contributed by atoms with Crippen LogP contribution in [0.1, 0.15) is 12.8 Å². The first kappa shape index (κ1) is 16.0. The normalized spacial score (nSPS) is 15.0. The van der Waals surface area contributed by atoms with E-state index in [1.165, 1.54) is 30.8 Å². The Morgan fingerprint density at radius 2 is 1.78 bits per heavy atom. The molecule has 1 aliphatic heterocycles. The predicted molar refractivity (Wildman–Crippen MR) is 95.7 cm³/mol. The minimum atomic E-state index is 0.545. The van der Waals surface area contributed by atoms with Gasteiger partial charge in [-0.3, -0.25) is 4.72 Å². The van der Waals surface area contributed by atoms with Gasteiger partial charge in [-0.05, 0) is 62.1 Å². The van der Waals surface area contributed by atoms with Crippen LogP contribution in [0.2, 0.25) is 0 Å². The van der Waals surface area contributed by atoms with Gasteiger partial charge < -0.3 is 16.0 Å². The first-order chi connectivity index (χ1) is 11.3. The second-order valence-electron chi connectivity index (χ2n) is 5.53. The maximum absolute atomic E-state index is 5.57. The Morgan fingerprint density at radius 1 is 1.09 bits per heavy atom. The van der Waals surface area contributed by atoms with Gasteiger partial charge in [-0.15, -0.1) is 0 Å². The highest BCUT2D eigenvalue weighted by Crippen LogP contribution is 2.19. The molecule has 7 heteroatoms. The van der Waals surface area contributed by atoms with E-state index in [1.807, 2.05) is 12.1 Å². The maximum Gasteiger partial charge on any atom is 0.227 e. The lowest BCUT2D eigenvalue weighted by atomic mass is 10.3. The fourth-order valence-corrected chi connectivity index (χ4v) is 3.11. The van der Waals surface area contributed by atoms with Gasteiger partial charge in [-0.1, -0.05) is 0 Å². The van der Waals surface area contributed by atoms with Gasteiger partial charge in [0.15, 0.2) is 0 Å². The van der Waals surface area contributed by atoms with Crippen LogP contribution in [0.5, 0.6) is 0 Å². The van der Waals surface area contributed by atoms with E-state index in [4.69, 9.17) is 5.73 Å². The molecule has 23 heavy (non-hydrogen) atoms. The minimum absolute atomic E-state index is 0.545. The number of hydrogen-bond donors (Lipinski definition) is 3. The van der Waals surface area contributed by atoms with Gasteiger partial charge in [0.1, 0.15) is 0 Å². The SMILES string of the molecule is Nc1cnc(Nc2ccc(SNCCN3CCCC3)cc2)nc1. The van der Waals surface area contributed by atoms with Crippen molar-refractivity contribution in [1.29, 1.82) is 0 Å². The van der Waals surface area contributed by atoms with E-state index in [9.17, 15) is 0 Å². The molecule has 0 bridgehead atoms. The van der Waals surface area contributed by atoms with E-state index >= 15 is 0 Å². The predicted octanol–water partition coefficient (Wildman–Crippen LogP) is 2.49. The van der Waals surface area contributed by atoms with Crippen molar-refractivity contribution < 1.29 is 0 Å². The third-order valence-corrected chi connectivity index (χ3v) is 4.56. The Balaban J connectivity index is 1.42. The largest absolute Gasteiger partial charge is 0.396 e. The third-order valence-electron chi connectivity index (χ3n) is 3.70. The molecule has 0 saturated carbocycles. The van der Waals surface area contributed by atoms with Crippen LogP contribution in [-0.4, -0.2) is 41.0 Å². The molecule has 0 spiro atoms. The second kappa shape index (κ2) is 8.14. The molecule has 0 radical (unpaired) electrons. The number of rotatable bonds is 7. The zero-order valence-corrected chi connectivity index (χ0v) is 13.9. The number of nitrogens with zero attached hydrogens (tertiary/aromatic N) is 3. The van der Waals surface area contributed by atoms with Crippen LogP contribution in [0.25, 0.3) is 0 Å². The van der Waals surface area contributed by atoms with E-state index in [2.05, 4.69) is 37.0 Å². The summed E-state index contributed by atoms with van der Waals surface area (Å²) in [6.45, 7) is 4.63. The number of nitrogens with one attached hydrogen (secondary N) is 2. The molecule has 122 valence electrons. The highest BCUT2D eigenvalue weighted by molar-refractivity contribution is 7.97. The average Bonchev–Trinajstić information content (AvgIpc) is 3.09. The lowest BCUT2D eigenvalue weighted by Crippen LogP contribution is -2.27. The monoisotopic (exact) mass is 330 g/mol. The Labute approximate surface area is 141 Å². The molecular formula is C16H22N6S. The molecular weight excluding hydrogens is 308 g/mol. The van der Waals surface area contributed by atoms with Crippen molar-refractivity contribution in [3.05, 3.63) is 36.7 Å². The molecule has 2 aromatic rings. The molecule has 6 nitrogen and oxygen atoms in total. The first-order valence-corrected chi connectivity index (χ1v) is 8.68. The summed E-state index contributed by atoms with van der Waals surface area (Å²) in [5.74, 6) is 0.545. The number of benzene rings is 1. The first-order valence-electron chi connectivity index (χ1n) is 7.86. The summed E-state index contributed by atoms with van der Waals surface area (Å²) in [5, 5.41) is 3.15. The lowest BCUT2D eigenvalue weighted by Gasteiger charge is -2.14. The number of aromatic nitrogens is 2.